The van der Waals surface area contributed by atoms with Gasteiger partial charge in [0.2, 0.25) is 11.8 Å². The average molecular weight is 430 g/mol. The Morgan fingerprint density at radius 2 is 1.68 bits per heavy atom. The van der Waals surface area contributed by atoms with Crippen LogP contribution in [-0.4, -0.2) is 79.4 Å². The molecule has 0 N–H and O–H groups in total. The monoisotopic (exact) mass is 429 g/mol. The number of hydrogen-bond donors (Lipinski definition) is 0. The number of piperidine rings is 1. The number of carbonyl (C=O) groups excluding carboxylic acids is 2. The van der Waals surface area contributed by atoms with E-state index in [4.69, 9.17) is 4.74 Å². The van der Waals surface area contributed by atoms with Crippen molar-refractivity contribution in [2.45, 2.75) is 46.0 Å². The predicted molar refractivity (Wildman–Crippen MR) is 123 cm³/mol. The number of rotatable bonds is 8. The molecule has 1 aromatic rings. The Bertz CT molecular complexity index is 714. The van der Waals surface area contributed by atoms with E-state index in [0.29, 0.717) is 19.6 Å². The number of nitrogens with zero attached hydrogens (tertiary/aromatic N) is 3. The van der Waals surface area contributed by atoms with Crippen LogP contribution < -0.4 is 4.74 Å². The first kappa shape index (κ1) is 23.6. The molecule has 0 aliphatic carbocycles. The Hall–Kier alpha value is -2.08. The summed E-state index contributed by atoms with van der Waals surface area (Å²) < 4.78 is 6.18. The maximum Gasteiger partial charge on any atom is 0.225 e. The van der Waals surface area contributed by atoms with Crippen molar-refractivity contribution in [1.82, 2.24) is 14.7 Å². The van der Waals surface area contributed by atoms with E-state index in [1.54, 1.807) is 0 Å². The van der Waals surface area contributed by atoms with Crippen molar-refractivity contribution in [2.75, 3.05) is 52.9 Å². The molecule has 2 heterocycles. The Labute approximate surface area is 187 Å². The van der Waals surface area contributed by atoms with Crippen LogP contribution in [0.25, 0.3) is 0 Å². The zero-order valence-corrected chi connectivity index (χ0v) is 19.5. The second kappa shape index (κ2) is 11.0. The lowest BCUT2D eigenvalue weighted by molar-refractivity contribution is -0.145. The highest BCUT2D eigenvalue weighted by atomic mass is 16.5. The zero-order chi connectivity index (χ0) is 22.3. The summed E-state index contributed by atoms with van der Waals surface area (Å²) in [6.07, 6.45) is 3.99. The van der Waals surface area contributed by atoms with Gasteiger partial charge in [-0.25, -0.2) is 0 Å². The first-order valence-corrected chi connectivity index (χ1v) is 11.9. The second-order valence-corrected chi connectivity index (χ2v) is 9.34. The Kier molecular flexibility index (Phi) is 8.35. The lowest BCUT2D eigenvalue weighted by Gasteiger charge is -2.44. The van der Waals surface area contributed by atoms with Crippen LogP contribution in [-0.2, 0) is 9.59 Å². The number of carbonyl (C=O) groups is 2. The molecule has 2 aliphatic heterocycles. The van der Waals surface area contributed by atoms with Crippen molar-refractivity contribution in [2.24, 2.45) is 11.3 Å². The number of amides is 2. The highest BCUT2D eigenvalue weighted by Crippen LogP contribution is 2.36. The van der Waals surface area contributed by atoms with Gasteiger partial charge in [-0.1, -0.05) is 32.0 Å². The Morgan fingerprint density at radius 3 is 2.32 bits per heavy atom. The summed E-state index contributed by atoms with van der Waals surface area (Å²) in [6.45, 7) is 9.40. The minimum Gasteiger partial charge on any atom is -0.493 e. The minimum atomic E-state index is -0.337. The molecule has 1 aromatic carbocycles. The Balaban J connectivity index is 1.74. The fourth-order valence-electron chi connectivity index (χ4n) is 4.85. The molecule has 0 radical (unpaired) electrons. The van der Waals surface area contributed by atoms with Gasteiger partial charge in [-0.2, -0.15) is 0 Å². The number of likely N-dealkylation sites (tertiary alicyclic amines) is 1. The van der Waals surface area contributed by atoms with E-state index in [1.165, 1.54) is 0 Å². The first-order chi connectivity index (χ1) is 15.0. The quantitative estimate of drug-likeness (QED) is 0.636. The standard InChI is InChI=1S/C25H39N3O3/c1-4-21(5-2)24(30)28-13-9-12-25(19-28,20-31-22-10-7-6-8-11-22)18-23(29)27-16-14-26(3)15-17-27/h6-8,10-11,21H,4-5,9,12-20H2,1-3H3/t25-/m0/s1. The second-order valence-electron chi connectivity index (χ2n) is 9.34. The van der Waals surface area contributed by atoms with Gasteiger partial charge >= 0.3 is 0 Å². The van der Waals surface area contributed by atoms with Crippen LogP contribution in [0.3, 0.4) is 0 Å². The maximum absolute atomic E-state index is 13.3. The summed E-state index contributed by atoms with van der Waals surface area (Å²) in [5, 5.41) is 0. The topological polar surface area (TPSA) is 53.1 Å². The van der Waals surface area contributed by atoms with Gasteiger partial charge in [-0.3, -0.25) is 9.59 Å². The molecule has 3 rings (SSSR count). The Morgan fingerprint density at radius 1 is 1.00 bits per heavy atom. The third-order valence-corrected chi connectivity index (χ3v) is 6.98. The van der Waals surface area contributed by atoms with Crippen LogP contribution >= 0.6 is 0 Å². The molecule has 172 valence electrons. The molecule has 31 heavy (non-hydrogen) atoms. The fourth-order valence-corrected chi connectivity index (χ4v) is 4.85. The number of piperazine rings is 1. The van der Waals surface area contributed by atoms with Crippen molar-refractivity contribution in [3.8, 4) is 5.75 Å². The lowest BCUT2D eigenvalue weighted by Crippen LogP contribution is -2.53. The van der Waals surface area contributed by atoms with Gasteiger partial charge in [0.1, 0.15) is 5.75 Å². The number of ether oxygens (including phenoxy) is 1. The van der Waals surface area contributed by atoms with E-state index in [1.807, 2.05) is 40.1 Å². The number of benzene rings is 1. The SMILES string of the molecule is CCC(CC)C(=O)N1CCC[C@](COc2ccccc2)(CC(=O)N2CCN(C)CC2)C1. The molecule has 0 unspecified atom stereocenters. The van der Waals surface area contributed by atoms with E-state index in [2.05, 4.69) is 25.8 Å². The van der Waals surface area contributed by atoms with Crippen molar-refractivity contribution < 1.29 is 14.3 Å². The van der Waals surface area contributed by atoms with Gasteiger partial charge in [0, 0.05) is 57.0 Å². The van der Waals surface area contributed by atoms with Gasteiger partial charge in [-0.05, 0) is 44.9 Å². The molecule has 6 heteroatoms. The van der Waals surface area contributed by atoms with Crippen LogP contribution in [0.1, 0.15) is 46.0 Å². The van der Waals surface area contributed by atoms with Crippen LogP contribution in [0.2, 0.25) is 0 Å². The molecular formula is C25H39N3O3. The number of para-hydroxylation sites is 1. The van der Waals surface area contributed by atoms with Gasteiger partial charge < -0.3 is 19.4 Å². The van der Waals surface area contributed by atoms with Gasteiger partial charge in [0.25, 0.3) is 0 Å². The molecule has 0 aromatic heterocycles. The van der Waals surface area contributed by atoms with Crippen molar-refractivity contribution in [3.63, 3.8) is 0 Å². The van der Waals surface area contributed by atoms with Gasteiger partial charge in [0.15, 0.2) is 0 Å². The highest BCUT2D eigenvalue weighted by molar-refractivity contribution is 5.80. The van der Waals surface area contributed by atoms with E-state index in [-0.39, 0.29) is 23.1 Å². The molecule has 2 fully saturated rings. The summed E-state index contributed by atoms with van der Waals surface area (Å²) in [4.78, 5) is 32.6. The molecule has 0 saturated carbocycles. The third-order valence-electron chi connectivity index (χ3n) is 6.98. The fraction of sp³-hybridized carbons (Fsp3) is 0.680. The summed E-state index contributed by atoms with van der Waals surface area (Å²) in [7, 11) is 2.10. The van der Waals surface area contributed by atoms with Crippen molar-refractivity contribution in [3.05, 3.63) is 30.3 Å². The summed E-state index contributed by atoms with van der Waals surface area (Å²) >= 11 is 0. The molecule has 0 spiro atoms. The first-order valence-electron chi connectivity index (χ1n) is 11.9. The summed E-state index contributed by atoms with van der Waals surface area (Å²) in [6, 6.07) is 9.79. The molecule has 2 saturated heterocycles. The largest absolute Gasteiger partial charge is 0.493 e. The molecule has 2 aliphatic rings. The molecule has 2 amide bonds. The summed E-state index contributed by atoms with van der Waals surface area (Å²) in [5.74, 6) is 1.32. The van der Waals surface area contributed by atoms with Gasteiger partial charge in [0.05, 0.1) is 6.61 Å². The number of hydrogen-bond acceptors (Lipinski definition) is 4. The maximum atomic E-state index is 13.3. The van der Waals surface area contributed by atoms with E-state index < -0.39 is 0 Å². The third kappa shape index (κ3) is 6.22. The van der Waals surface area contributed by atoms with Crippen LogP contribution in [0, 0.1) is 11.3 Å². The molecule has 6 nitrogen and oxygen atoms in total. The average Bonchev–Trinajstić information content (AvgIpc) is 2.80. The number of likely N-dealkylation sites (N-methyl/N-ethyl adjacent to an activating group) is 1. The lowest BCUT2D eigenvalue weighted by atomic mass is 9.76. The minimum absolute atomic E-state index is 0.0687. The molecular weight excluding hydrogens is 390 g/mol. The van der Waals surface area contributed by atoms with Gasteiger partial charge in [-0.15, -0.1) is 0 Å². The van der Waals surface area contributed by atoms with E-state index in [9.17, 15) is 9.59 Å². The summed E-state index contributed by atoms with van der Waals surface area (Å²) in [5.41, 5.74) is -0.337. The van der Waals surface area contributed by atoms with E-state index >= 15 is 0 Å². The predicted octanol–water partition coefficient (Wildman–Crippen LogP) is 3.27. The molecule has 0 bridgehead atoms. The van der Waals surface area contributed by atoms with Crippen molar-refractivity contribution in [1.29, 1.82) is 0 Å². The normalized spacial score (nSPS) is 22.6. The van der Waals surface area contributed by atoms with Crippen molar-refractivity contribution >= 4 is 11.8 Å². The van der Waals surface area contributed by atoms with Crippen LogP contribution in [0.15, 0.2) is 30.3 Å². The zero-order valence-electron chi connectivity index (χ0n) is 19.5. The van der Waals surface area contributed by atoms with Crippen LogP contribution in [0.4, 0.5) is 0 Å². The smallest absolute Gasteiger partial charge is 0.225 e. The highest BCUT2D eigenvalue weighted by Gasteiger charge is 2.41. The molecule has 1 atom stereocenters. The van der Waals surface area contributed by atoms with E-state index in [0.717, 1.165) is 64.2 Å². The van der Waals surface area contributed by atoms with Crippen LogP contribution in [0.5, 0.6) is 5.75 Å².